The van der Waals surface area contributed by atoms with Gasteiger partial charge in [0.1, 0.15) is 10.0 Å². The molecule has 0 spiro atoms. The van der Waals surface area contributed by atoms with E-state index >= 15 is 0 Å². The van der Waals surface area contributed by atoms with Gasteiger partial charge in [-0.2, -0.15) is 0 Å². The van der Waals surface area contributed by atoms with Gasteiger partial charge in [0.15, 0.2) is 0 Å². The first-order chi connectivity index (χ1) is 8.83. The van der Waals surface area contributed by atoms with Crippen molar-refractivity contribution in [2.45, 2.75) is 44.6 Å². The molecule has 0 amide bonds. The SMILES string of the molecule is CNCc1nnc(C2C3CC4CC(C3)CC2C4)s1. The molecule has 0 saturated heterocycles. The van der Waals surface area contributed by atoms with Crippen LogP contribution >= 0.6 is 11.3 Å². The highest BCUT2D eigenvalue weighted by molar-refractivity contribution is 7.11. The Balaban J connectivity index is 1.60. The van der Waals surface area contributed by atoms with Gasteiger partial charge in [-0.1, -0.05) is 11.3 Å². The third kappa shape index (κ3) is 1.73. The van der Waals surface area contributed by atoms with E-state index in [2.05, 4.69) is 15.5 Å². The molecule has 0 aliphatic heterocycles. The molecule has 4 heteroatoms. The Bertz CT molecular complexity index is 414. The molecule has 4 aliphatic rings. The molecular weight excluding hydrogens is 242 g/mol. The summed E-state index contributed by atoms with van der Waals surface area (Å²) in [6.07, 6.45) is 7.41. The molecule has 3 nitrogen and oxygen atoms in total. The molecule has 1 heterocycles. The number of nitrogens with one attached hydrogen (secondary N) is 1. The quantitative estimate of drug-likeness (QED) is 0.911. The Hall–Kier alpha value is -0.480. The summed E-state index contributed by atoms with van der Waals surface area (Å²) < 4.78 is 0. The van der Waals surface area contributed by atoms with Crippen LogP contribution in [0.15, 0.2) is 0 Å². The number of rotatable bonds is 3. The Kier molecular flexibility index (Phi) is 2.69. The molecule has 1 N–H and O–H groups in total. The lowest BCUT2D eigenvalue weighted by Crippen LogP contribution is -2.43. The normalized spacial score (nSPS) is 41.5. The molecule has 4 bridgehead atoms. The van der Waals surface area contributed by atoms with Crippen LogP contribution in [0.25, 0.3) is 0 Å². The van der Waals surface area contributed by atoms with Crippen LogP contribution in [0.5, 0.6) is 0 Å². The van der Waals surface area contributed by atoms with E-state index in [1.807, 2.05) is 18.4 Å². The fourth-order valence-corrected chi connectivity index (χ4v) is 6.09. The molecule has 5 rings (SSSR count). The smallest absolute Gasteiger partial charge is 0.131 e. The van der Waals surface area contributed by atoms with E-state index in [1.54, 1.807) is 0 Å². The first-order valence-corrected chi connectivity index (χ1v) is 8.12. The predicted octanol–water partition coefficient (Wildman–Crippen LogP) is 2.80. The maximum Gasteiger partial charge on any atom is 0.131 e. The van der Waals surface area contributed by atoms with Gasteiger partial charge < -0.3 is 5.32 Å². The summed E-state index contributed by atoms with van der Waals surface area (Å²) in [5.41, 5.74) is 0. The topological polar surface area (TPSA) is 37.8 Å². The second-order valence-electron chi connectivity index (χ2n) is 6.52. The lowest BCUT2D eigenvalue weighted by Gasteiger charge is -2.53. The lowest BCUT2D eigenvalue weighted by molar-refractivity contribution is -0.00303. The minimum atomic E-state index is 0.751. The van der Waals surface area contributed by atoms with Gasteiger partial charge in [-0.3, -0.25) is 0 Å². The van der Waals surface area contributed by atoms with Crippen molar-refractivity contribution in [1.82, 2.24) is 15.5 Å². The highest BCUT2D eigenvalue weighted by Crippen LogP contribution is 2.59. The maximum atomic E-state index is 4.51. The van der Waals surface area contributed by atoms with E-state index in [1.165, 1.54) is 37.1 Å². The maximum absolute atomic E-state index is 4.51. The third-order valence-corrected chi connectivity index (χ3v) is 6.35. The molecule has 4 saturated carbocycles. The van der Waals surface area contributed by atoms with Crippen LogP contribution in [-0.2, 0) is 6.54 Å². The van der Waals surface area contributed by atoms with Gasteiger partial charge >= 0.3 is 0 Å². The second-order valence-corrected chi connectivity index (χ2v) is 7.61. The lowest BCUT2D eigenvalue weighted by atomic mass is 9.52. The molecule has 4 aliphatic carbocycles. The van der Waals surface area contributed by atoms with Gasteiger partial charge in [-0.15, -0.1) is 10.2 Å². The Morgan fingerprint density at radius 3 is 2.33 bits per heavy atom. The summed E-state index contributed by atoms with van der Waals surface area (Å²) in [5.74, 6) is 4.70. The van der Waals surface area contributed by atoms with Crippen LogP contribution in [0.1, 0.15) is 48.0 Å². The number of aromatic nitrogens is 2. The van der Waals surface area contributed by atoms with Gasteiger partial charge in [0.25, 0.3) is 0 Å². The summed E-state index contributed by atoms with van der Waals surface area (Å²) in [6, 6.07) is 0. The van der Waals surface area contributed by atoms with Gasteiger partial charge in [-0.05, 0) is 62.8 Å². The highest BCUT2D eigenvalue weighted by Gasteiger charge is 2.49. The minimum absolute atomic E-state index is 0.751. The van der Waals surface area contributed by atoms with Crippen molar-refractivity contribution in [3.63, 3.8) is 0 Å². The number of nitrogens with zero attached hydrogens (tertiary/aromatic N) is 2. The first-order valence-electron chi connectivity index (χ1n) is 7.30. The molecule has 98 valence electrons. The van der Waals surface area contributed by atoms with Gasteiger partial charge in [0.2, 0.25) is 0 Å². The molecule has 0 radical (unpaired) electrons. The minimum Gasteiger partial charge on any atom is -0.313 e. The molecule has 0 aromatic carbocycles. The predicted molar refractivity (Wildman–Crippen MR) is 72.5 cm³/mol. The molecule has 0 atom stereocenters. The molecule has 4 fully saturated rings. The van der Waals surface area contributed by atoms with E-state index in [0.717, 1.165) is 41.1 Å². The van der Waals surface area contributed by atoms with Crippen LogP contribution < -0.4 is 5.32 Å². The zero-order valence-electron chi connectivity index (χ0n) is 10.9. The monoisotopic (exact) mass is 263 g/mol. The van der Waals surface area contributed by atoms with E-state index in [9.17, 15) is 0 Å². The zero-order valence-corrected chi connectivity index (χ0v) is 11.7. The number of hydrogen-bond acceptors (Lipinski definition) is 4. The fraction of sp³-hybridized carbons (Fsp3) is 0.857. The summed E-state index contributed by atoms with van der Waals surface area (Å²) >= 11 is 1.85. The van der Waals surface area contributed by atoms with E-state index < -0.39 is 0 Å². The zero-order chi connectivity index (χ0) is 12.1. The van der Waals surface area contributed by atoms with Crippen molar-refractivity contribution in [1.29, 1.82) is 0 Å². The highest BCUT2D eigenvalue weighted by atomic mass is 32.1. The van der Waals surface area contributed by atoms with Crippen LogP contribution in [-0.4, -0.2) is 17.2 Å². The van der Waals surface area contributed by atoms with Crippen molar-refractivity contribution in [3.8, 4) is 0 Å². The van der Waals surface area contributed by atoms with Crippen LogP contribution in [0.3, 0.4) is 0 Å². The van der Waals surface area contributed by atoms with Crippen molar-refractivity contribution >= 4 is 11.3 Å². The summed E-state index contributed by atoms with van der Waals surface area (Å²) in [4.78, 5) is 0. The van der Waals surface area contributed by atoms with Gasteiger partial charge in [0, 0.05) is 12.5 Å². The third-order valence-electron chi connectivity index (χ3n) is 5.32. The van der Waals surface area contributed by atoms with E-state index in [0.29, 0.717) is 0 Å². The Labute approximate surface area is 112 Å². The average molecular weight is 263 g/mol. The van der Waals surface area contributed by atoms with Crippen molar-refractivity contribution in [2.75, 3.05) is 7.05 Å². The van der Waals surface area contributed by atoms with E-state index in [-0.39, 0.29) is 0 Å². The van der Waals surface area contributed by atoms with Crippen LogP contribution in [0.2, 0.25) is 0 Å². The molecular formula is C14H21N3S. The number of hydrogen-bond donors (Lipinski definition) is 1. The van der Waals surface area contributed by atoms with Crippen molar-refractivity contribution in [2.24, 2.45) is 23.7 Å². The van der Waals surface area contributed by atoms with Gasteiger partial charge in [0.05, 0.1) is 0 Å². The molecule has 0 unspecified atom stereocenters. The summed E-state index contributed by atoms with van der Waals surface area (Å²) in [6.45, 7) is 0.866. The van der Waals surface area contributed by atoms with Crippen molar-refractivity contribution < 1.29 is 0 Å². The summed E-state index contributed by atoms with van der Waals surface area (Å²) in [7, 11) is 1.98. The average Bonchev–Trinajstić information content (AvgIpc) is 2.76. The summed E-state index contributed by atoms with van der Waals surface area (Å²) in [5, 5.41) is 14.5. The standard InChI is InChI=1S/C14H21N3S/c1-15-7-12-16-17-14(18-12)13-10-3-8-2-9(5-10)6-11(13)4-8/h8-11,13,15H,2-7H2,1H3. The largest absolute Gasteiger partial charge is 0.313 e. The van der Waals surface area contributed by atoms with Crippen LogP contribution in [0.4, 0.5) is 0 Å². The second kappa shape index (κ2) is 4.27. The van der Waals surface area contributed by atoms with Crippen LogP contribution in [0, 0.1) is 23.7 Å². The van der Waals surface area contributed by atoms with Gasteiger partial charge in [-0.25, -0.2) is 0 Å². The fourth-order valence-electron chi connectivity index (χ4n) is 4.95. The van der Waals surface area contributed by atoms with E-state index in [4.69, 9.17) is 0 Å². The molecule has 18 heavy (non-hydrogen) atoms. The Morgan fingerprint density at radius 2 is 1.72 bits per heavy atom. The molecule has 1 aromatic heterocycles. The van der Waals surface area contributed by atoms with Crippen molar-refractivity contribution in [3.05, 3.63) is 10.0 Å². The Morgan fingerprint density at radius 1 is 1.06 bits per heavy atom. The first kappa shape index (κ1) is 11.4. The molecule has 1 aromatic rings.